The summed E-state index contributed by atoms with van der Waals surface area (Å²) in [5.41, 5.74) is 1.96. The molecule has 7 heteroatoms. The Bertz CT molecular complexity index is 1300. The molecule has 3 N–H and O–H groups in total. The van der Waals surface area contributed by atoms with E-state index in [0.29, 0.717) is 12.1 Å². The van der Waals surface area contributed by atoms with Crippen molar-refractivity contribution in [3.63, 3.8) is 0 Å². The highest BCUT2D eigenvalue weighted by molar-refractivity contribution is 7.10. The van der Waals surface area contributed by atoms with E-state index in [2.05, 4.69) is 10.6 Å². The van der Waals surface area contributed by atoms with Crippen LogP contribution < -0.4 is 10.6 Å². The molecule has 0 spiro atoms. The molecule has 0 unspecified atom stereocenters. The van der Waals surface area contributed by atoms with Crippen molar-refractivity contribution in [3.05, 3.63) is 124 Å². The van der Waals surface area contributed by atoms with Crippen molar-refractivity contribution in [3.8, 4) is 0 Å². The Morgan fingerprint density at radius 3 is 2.09 bits per heavy atom. The van der Waals surface area contributed by atoms with E-state index in [1.54, 1.807) is 11.3 Å². The van der Waals surface area contributed by atoms with Crippen LogP contribution in [0.3, 0.4) is 0 Å². The molecule has 5 rings (SSSR count). The second kappa shape index (κ2) is 9.56. The monoisotopic (exact) mass is 480 g/mol. The molecule has 1 saturated heterocycles. The minimum atomic E-state index is -1.16. The number of hydrogen-bond donors (Lipinski definition) is 3. The summed E-state index contributed by atoms with van der Waals surface area (Å²) in [6.07, 6.45) is 0.339. The van der Waals surface area contributed by atoms with Crippen molar-refractivity contribution in [2.75, 3.05) is 5.32 Å². The molecule has 0 saturated carbocycles. The van der Waals surface area contributed by atoms with Gasteiger partial charge in [0.2, 0.25) is 5.91 Å². The third-order valence-corrected chi connectivity index (χ3v) is 6.93. The van der Waals surface area contributed by atoms with Crippen LogP contribution in [-0.4, -0.2) is 22.7 Å². The summed E-state index contributed by atoms with van der Waals surface area (Å²) >= 11 is 1.55. The first-order valence-corrected chi connectivity index (χ1v) is 12.1. The van der Waals surface area contributed by atoms with E-state index >= 15 is 0 Å². The van der Waals surface area contributed by atoms with Crippen LogP contribution in [0.5, 0.6) is 0 Å². The van der Waals surface area contributed by atoms with Gasteiger partial charge in [-0.05, 0) is 40.3 Å². The van der Waals surface area contributed by atoms with Gasteiger partial charge in [-0.25, -0.2) is 0 Å². The highest BCUT2D eigenvalue weighted by Gasteiger charge is 2.52. The Morgan fingerprint density at radius 1 is 0.886 bits per heavy atom. The Kier molecular flexibility index (Phi) is 6.16. The molecule has 0 radical (unpaired) electrons. The summed E-state index contributed by atoms with van der Waals surface area (Å²) in [5.74, 6) is -0.222. The number of anilines is 1. The molecule has 35 heavy (non-hydrogen) atoms. The Morgan fingerprint density at radius 2 is 1.51 bits per heavy atom. The van der Waals surface area contributed by atoms with Crippen LogP contribution in [0.4, 0.5) is 5.69 Å². The van der Waals surface area contributed by atoms with Crippen LogP contribution in [0.1, 0.15) is 21.6 Å². The molecule has 2 heterocycles. The normalized spacial score (nSPS) is 14.6. The number of thiophene rings is 1. The lowest BCUT2D eigenvalue weighted by Crippen LogP contribution is -2.45. The summed E-state index contributed by atoms with van der Waals surface area (Å²) < 4.78 is 0. The molecule has 0 aliphatic carbocycles. The Balaban J connectivity index is 1.35. The number of nitrogens with one attached hydrogen (secondary N) is 3. The minimum Gasteiger partial charge on any atom is -0.334 e. The fourth-order valence-corrected chi connectivity index (χ4v) is 5.04. The lowest BCUT2D eigenvalue weighted by Gasteiger charge is -2.28. The molecule has 1 fully saturated rings. The Labute approximate surface area is 207 Å². The topological polar surface area (TPSA) is 85.3 Å². The van der Waals surface area contributed by atoms with Crippen LogP contribution in [0.25, 0.3) is 0 Å². The van der Waals surface area contributed by atoms with Crippen LogP contribution in [-0.2, 0) is 28.1 Å². The summed E-state index contributed by atoms with van der Waals surface area (Å²) in [7, 11) is 0. The molecule has 174 valence electrons. The number of benzene rings is 3. The summed E-state index contributed by atoms with van der Waals surface area (Å²) in [6.45, 7) is 0.246. The molecular formula is C28H24N4O2S. The largest absolute Gasteiger partial charge is 0.334 e. The average Bonchev–Trinajstić information content (AvgIpc) is 3.48. The van der Waals surface area contributed by atoms with Crippen molar-refractivity contribution >= 4 is 34.8 Å². The predicted molar refractivity (Wildman–Crippen MR) is 138 cm³/mol. The first-order chi connectivity index (χ1) is 17.1. The summed E-state index contributed by atoms with van der Waals surface area (Å²) in [5, 5.41) is 16.6. The maximum Gasteiger partial charge on any atom is 0.264 e. The highest BCUT2D eigenvalue weighted by Crippen LogP contribution is 2.36. The van der Waals surface area contributed by atoms with E-state index in [0.717, 1.165) is 21.6 Å². The van der Waals surface area contributed by atoms with Gasteiger partial charge in [-0.2, -0.15) is 0 Å². The van der Waals surface area contributed by atoms with Crippen molar-refractivity contribution in [1.29, 1.82) is 5.41 Å². The van der Waals surface area contributed by atoms with Gasteiger partial charge in [-0.3, -0.25) is 19.9 Å². The third-order valence-electron chi connectivity index (χ3n) is 6.05. The van der Waals surface area contributed by atoms with E-state index in [-0.39, 0.29) is 24.3 Å². The number of rotatable bonds is 7. The van der Waals surface area contributed by atoms with Gasteiger partial charge in [-0.15, -0.1) is 11.3 Å². The first-order valence-electron chi connectivity index (χ1n) is 11.3. The zero-order chi connectivity index (χ0) is 24.3. The molecule has 0 atom stereocenters. The fourth-order valence-electron chi connectivity index (χ4n) is 4.34. The maximum atomic E-state index is 13.9. The predicted octanol–water partition coefficient (Wildman–Crippen LogP) is 4.74. The lowest BCUT2D eigenvalue weighted by atomic mass is 9.82. The average molecular weight is 481 g/mol. The van der Waals surface area contributed by atoms with E-state index in [9.17, 15) is 9.59 Å². The van der Waals surface area contributed by atoms with Gasteiger partial charge in [0.1, 0.15) is 0 Å². The van der Waals surface area contributed by atoms with E-state index in [1.807, 2.05) is 102 Å². The van der Waals surface area contributed by atoms with Gasteiger partial charge >= 0.3 is 0 Å². The number of nitrogens with zero attached hydrogens (tertiary/aromatic N) is 1. The highest BCUT2D eigenvalue weighted by atomic mass is 32.1. The fraction of sp³-hybridized carbons (Fsp3) is 0.107. The van der Waals surface area contributed by atoms with Crippen LogP contribution in [0, 0.1) is 5.41 Å². The van der Waals surface area contributed by atoms with Gasteiger partial charge in [0, 0.05) is 10.6 Å². The third kappa shape index (κ3) is 4.46. The smallest absolute Gasteiger partial charge is 0.264 e. The quantitative estimate of drug-likeness (QED) is 0.357. The number of carbonyl (C=O) groups excluding carboxylic acids is 2. The van der Waals surface area contributed by atoms with E-state index in [4.69, 9.17) is 5.41 Å². The summed E-state index contributed by atoms with van der Waals surface area (Å²) in [4.78, 5) is 28.6. The number of hydrogen-bond acceptors (Lipinski definition) is 4. The molecule has 3 aromatic carbocycles. The molecular weight excluding hydrogens is 456 g/mol. The van der Waals surface area contributed by atoms with E-state index < -0.39 is 5.54 Å². The second-order valence-corrected chi connectivity index (χ2v) is 9.38. The Hall–Kier alpha value is -4.23. The van der Waals surface area contributed by atoms with Crippen molar-refractivity contribution in [1.82, 2.24) is 10.2 Å². The zero-order valence-electron chi connectivity index (χ0n) is 18.9. The molecule has 1 aliphatic heterocycles. The van der Waals surface area contributed by atoms with Crippen molar-refractivity contribution < 1.29 is 9.59 Å². The molecule has 6 nitrogen and oxygen atoms in total. The molecule has 1 aliphatic rings. The van der Waals surface area contributed by atoms with Crippen LogP contribution in [0.2, 0.25) is 0 Å². The van der Waals surface area contributed by atoms with Gasteiger partial charge in [0.25, 0.3) is 5.91 Å². The van der Waals surface area contributed by atoms with E-state index in [1.165, 1.54) is 4.90 Å². The van der Waals surface area contributed by atoms with Gasteiger partial charge in [0.15, 0.2) is 11.5 Å². The SMILES string of the molecule is N=C1NC(c2ccccc2)(c2ccccc2)C(=O)N1Cc1ccc(NC(=O)Cc2cccs2)cc1. The van der Waals surface area contributed by atoms with Gasteiger partial charge in [-0.1, -0.05) is 78.9 Å². The second-order valence-electron chi connectivity index (χ2n) is 8.35. The number of amides is 2. The molecule has 4 aromatic rings. The number of guanidine groups is 1. The molecule has 2 amide bonds. The molecule has 0 bridgehead atoms. The van der Waals surface area contributed by atoms with Gasteiger partial charge in [0.05, 0.1) is 13.0 Å². The summed E-state index contributed by atoms with van der Waals surface area (Å²) in [6, 6.07) is 30.3. The van der Waals surface area contributed by atoms with Crippen molar-refractivity contribution in [2.24, 2.45) is 0 Å². The minimum absolute atomic E-state index is 0.0519. The lowest BCUT2D eigenvalue weighted by molar-refractivity contribution is -0.130. The van der Waals surface area contributed by atoms with Crippen LogP contribution in [0.15, 0.2) is 102 Å². The number of carbonyl (C=O) groups is 2. The first kappa shape index (κ1) is 22.6. The maximum absolute atomic E-state index is 13.9. The zero-order valence-corrected chi connectivity index (χ0v) is 19.7. The van der Waals surface area contributed by atoms with Crippen LogP contribution >= 0.6 is 11.3 Å². The standard InChI is InChI=1S/C28H24N4O2S/c29-27-31-28(21-8-3-1-4-9-21,22-10-5-2-6-11-22)26(34)32(27)19-20-13-15-23(16-14-20)30-25(33)18-24-12-7-17-35-24/h1-17H,18-19H2,(H2,29,31)(H,30,33). The van der Waals surface area contributed by atoms with Crippen molar-refractivity contribution in [2.45, 2.75) is 18.5 Å². The molecule has 1 aromatic heterocycles. The van der Waals surface area contributed by atoms with Gasteiger partial charge < -0.3 is 10.6 Å².